The van der Waals surface area contributed by atoms with E-state index in [0.29, 0.717) is 16.9 Å². The summed E-state index contributed by atoms with van der Waals surface area (Å²) in [5, 5.41) is 14.3. The fraction of sp³-hybridized carbons (Fsp3) is 0.111. The summed E-state index contributed by atoms with van der Waals surface area (Å²) >= 11 is 0. The molecule has 1 N–H and O–H groups in total. The quantitative estimate of drug-likeness (QED) is 0.745. The van der Waals surface area contributed by atoms with E-state index in [1.807, 2.05) is 0 Å². The van der Waals surface area contributed by atoms with Gasteiger partial charge in [0.15, 0.2) is 5.69 Å². The number of halogens is 1. The van der Waals surface area contributed by atoms with E-state index >= 15 is 0 Å². The molecule has 0 aliphatic rings. The molecule has 0 saturated heterocycles. The Hall–Kier alpha value is -3.15. The summed E-state index contributed by atoms with van der Waals surface area (Å²) < 4.78 is 19.6. The number of phenolic OH excluding ortho intramolecular Hbond substituents is 1. The first-order chi connectivity index (χ1) is 11.6. The van der Waals surface area contributed by atoms with Gasteiger partial charge in [0.05, 0.1) is 12.3 Å². The van der Waals surface area contributed by atoms with E-state index < -0.39 is 5.97 Å². The molecule has 1 aromatic heterocycles. The molecule has 0 spiro atoms. The number of ether oxygens (including phenoxy) is 1. The Morgan fingerprint density at radius 2 is 1.92 bits per heavy atom. The largest absolute Gasteiger partial charge is 0.506 e. The molecule has 24 heavy (non-hydrogen) atoms. The van der Waals surface area contributed by atoms with Gasteiger partial charge in [-0.25, -0.2) is 13.9 Å². The smallest absolute Gasteiger partial charge is 0.358 e. The van der Waals surface area contributed by atoms with E-state index in [4.69, 9.17) is 4.74 Å². The molecule has 0 aliphatic carbocycles. The summed E-state index contributed by atoms with van der Waals surface area (Å²) in [6.07, 6.45) is 0. The summed E-state index contributed by atoms with van der Waals surface area (Å²) in [6, 6.07) is 14.0. The van der Waals surface area contributed by atoms with Gasteiger partial charge in [0.2, 0.25) is 0 Å². The van der Waals surface area contributed by atoms with Gasteiger partial charge in [-0.05, 0) is 49.4 Å². The van der Waals surface area contributed by atoms with Crippen LogP contribution in [0.2, 0.25) is 0 Å². The van der Waals surface area contributed by atoms with Crippen LogP contribution in [0, 0.1) is 5.82 Å². The third-order valence-corrected chi connectivity index (χ3v) is 3.44. The number of carbonyl (C=O) groups excluding carboxylic acids is 1. The number of para-hydroxylation sites is 2. The van der Waals surface area contributed by atoms with Gasteiger partial charge in [-0.2, -0.15) is 5.10 Å². The van der Waals surface area contributed by atoms with Crippen LogP contribution in [0.3, 0.4) is 0 Å². The normalized spacial score (nSPS) is 10.6. The SMILES string of the molecule is CCOC(=O)c1cc(-c2ccc(F)cc2)n(-c2ccccc2O)n1. The first-order valence-corrected chi connectivity index (χ1v) is 7.41. The van der Waals surface area contributed by atoms with Crippen molar-refractivity contribution in [3.8, 4) is 22.7 Å². The van der Waals surface area contributed by atoms with Crippen molar-refractivity contribution >= 4 is 5.97 Å². The zero-order valence-corrected chi connectivity index (χ0v) is 12.9. The lowest BCUT2D eigenvalue weighted by molar-refractivity contribution is 0.0519. The third-order valence-electron chi connectivity index (χ3n) is 3.44. The number of phenols is 1. The monoisotopic (exact) mass is 326 g/mol. The average molecular weight is 326 g/mol. The second-order valence-electron chi connectivity index (χ2n) is 5.04. The molecule has 3 rings (SSSR count). The molecule has 2 aromatic carbocycles. The number of aromatic nitrogens is 2. The van der Waals surface area contributed by atoms with Crippen LogP contribution in [0.1, 0.15) is 17.4 Å². The summed E-state index contributed by atoms with van der Waals surface area (Å²) in [4.78, 5) is 12.0. The first-order valence-electron chi connectivity index (χ1n) is 7.41. The van der Waals surface area contributed by atoms with Crippen LogP contribution in [0.25, 0.3) is 16.9 Å². The van der Waals surface area contributed by atoms with Gasteiger partial charge in [-0.1, -0.05) is 12.1 Å². The number of hydrogen-bond acceptors (Lipinski definition) is 4. The molecule has 6 heteroatoms. The second-order valence-corrected chi connectivity index (χ2v) is 5.04. The van der Waals surface area contributed by atoms with Crippen molar-refractivity contribution in [1.82, 2.24) is 9.78 Å². The topological polar surface area (TPSA) is 64.3 Å². The molecule has 0 atom stereocenters. The molecular formula is C18H15FN2O3. The van der Waals surface area contributed by atoms with Crippen molar-refractivity contribution in [3.63, 3.8) is 0 Å². The van der Waals surface area contributed by atoms with Crippen LogP contribution in [0.5, 0.6) is 5.75 Å². The second kappa shape index (κ2) is 6.54. The lowest BCUT2D eigenvalue weighted by Gasteiger charge is -2.09. The Kier molecular flexibility index (Phi) is 4.29. The van der Waals surface area contributed by atoms with E-state index in [0.717, 1.165) is 0 Å². The summed E-state index contributed by atoms with van der Waals surface area (Å²) in [5.41, 5.74) is 1.72. The molecule has 0 fully saturated rings. The average Bonchev–Trinajstić information content (AvgIpc) is 3.01. The van der Waals surface area contributed by atoms with Gasteiger partial charge in [-0.3, -0.25) is 0 Å². The highest BCUT2D eigenvalue weighted by Gasteiger charge is 2.19. The number of nitrogens with zero attached hydrogens (tertiary/aromatic N) is 2. The van der Waals surface area contributed by atoms with Crippen molar-refractivity contribution in [2.45, 2.75) is 6.92 Å². The van der Waals surface area contributed by atoms with Gasteiger partial charge in [-0.15, -0.1) is 0 Å². The maximum atomic E-state index is 13.2. The molecule has 0 amide bonds. The van der Waals surface area contributed by atoms with E-state index in [1.165, 1.54) is 22.9 Å². The van der Waals surface area contributed by atoms with E-state index in [2.05, 4.69) is 5.10 Å². The van der Waals surface area contributed by atoms with E-state index in [9.17, 15) is 14.3 Å². The number of rotatable bonds is 4. The third kappa shape index (κ3) is 2.99. The van der Waals surface area contributed by atoms with Crippen LogP contribution < -0.4 is 0 Å². The Balaban J connectivity index is 2.17. The maximum absolute atomic E-state index is 13.2. The van der Waals surface area contributed by atoms with Gasteiger partial charge >= 0.3 is 5.97 Å². The molecule has 5 nitrogen and oxygen atoms in total. The summed E-state index contributed by atoms with van der Waals surface area (Å²) in [7, 11) is 0. The van der Waals surface area contributed by atoms with E-state index in [-0.39, 0.29) is 23.9 Å². The van der Waals surface area contributed by atoms with Crippen molar-refractivity contribution < 1.29 is 19.0 Å². The Morgan fingerprint density at radius 1 is 1.21 bits per heavy atom. The zero-order valence-electron chi connectivity index (χ0n) is 12.9. The Morgan fingerprint density at radius 3 is 2.58 bits per heavy atom. The molecule has 3 aromatic rings. The van der Waals surface area contributed by atoms with Crippen molar-refractivity contribution in [3.05, 3.63) is 66.1 Å². The maximum Gasteiger partial charge on any atom is 0.358 e. The highest BCUT2D eigenvalue weighted by atomic mass is 19.1. The van der Waals surface area contributed by atoms with Crippen LogP contribution in [-0.2, 0) is 4.74 Å². The van der Waals surface area contributed by atoms with Crippen LogP contribution in [-0.4, -0.2) is 27.5 Å². The lowest BCUT2D eigenvalue weighted by Crippen LogP contribution is -2.06. The minimum atomic E-state index is -0.560. The predicted molar refractivity (Wildman–Crippen MR) is 86.6 cm³/mol. The summed E-state index contributed by atoms with van der Waals surface area (Å²) in [5.74, 6) is -0.910. The Labute approximate surface area is 137 Å². The first kappa shape index (κ1) is 15.7. The minimum Gasteiger partial charge on any atom is -0.506 e. The molecule has 1 heterocycles. The van der Waals surface area contributed by atoms with E-state index in [1.54, 1.807) is 43.3 Å². The molecule has 0 bridgehead atoms. The molecular weight excluding hydrogens is 311 g/mol. The van der Waals surface area contributed by atoms with Gasteiger partial charge in [0, 0.05) is 5.56 Å². The van der Waals surface area contributed by atoms with Crippen LogP contribution in [0.4, 0.5) is 4.39 Å². The van der Waals surface area contributed by atoms with Gasteiger partial charge < -0.3 is 9.84 Å². The molecule has 122 valence electrons. The summed E-state index contributed by atoms with van der Waals surface area (Å²) in [6.45, 7) is 1.94. The van der Waals surface area contributed by atoms with Gasteiger partial charge in [0.1, 0.15) is 17.3 Å². The predicted octanol–water partition coefficient (Wildman–Crippen LogP) is 3.56. The molecule has 0 unspecified atom stereocenters. The minimum absolute atomic E-state index is 0.0133. The number of benzene rings is 2. The number of esters is 1. The highest BCUT2D eigenvalue weighted by Crippen LogP contribution is 2.28. The fourth-order valence-corrected chi connectivity index (χ4v) is 2.34. The number of aromatic hydroxyl groups is 1. The number of carbonyl (C=O) groups is 1. The van der Waals surface area contributed by atoms with Crippen LogP contribution >= 0.6 is 0 Å². The Bertz CT molecular complexity index is 872. The molecule has 0 aliphatic heterocycles. The van der Waals surface area contributed by atoms with Gasteiger partial charge in [0.25, 0.3) is 0 Å². The number of hydrogen-bond donors (Lipinski definition) is 1. The van der Waals surface area contributed by atoms with Crippen molar-refractivity contribution in [2.24, 2.45) is 0 Å². The van der Waals surface area contributed by atoms with Crippen LogP contribution in [0.15, 0.2) is 54.6 Å². The highest BCUT2D eigenvalue weighted by molar-refractivity contribution is 5.89. The fourth-order valence-electron chi connectivity index (χ4n) is 2.34. The van der Waals surface area contributed by atoms with Crippen molar-refractivity contribution in [1.29, 1.82) is 0 Å². The van der Waals surface area contributed by atoms with Crippen molar-refractivity contribution in [2.75, 3.05) is 6.61 Å². The lowest BCUT2D eigenvalue weighted by atomic mass is 10.1. The standard InChI is InChI=1S/C18H15FN2O3/c1-2-24-18(23)14-11-16(12-7-9-13(19)10-8-12)21(20-14)15-5-3-4-6-17(15)22/h3-11,22H,2H2,1H3. The zero-order chi connectivity index (χ0) is 17.1. The molecule has 0 saturated carbocycles. The molecule has 0 radical (unpaired) electrons.